The highest BCUT2D eigenvalue weighted by Crippen LogP contribution is 2.19. The average Bonchev–Trinajstić information content (AvgIpc) is 2.56. The molecule has 0 atom stereocenters. The molecular formula is C11H21N5O. The van der Waals surface area contributed by atoms with Gasteiger partial charge in [0, 0.05) is 20.6 Å². The molecule has 0 spiro atoms. The smallest absolute Gasteiger partial charge is 0.241 e. The van der Waals surface area contributed by atoms with E-state index in [-0.39, 0.29) is 5.91 Å². The summed E-state index contributed by atoms with van der Waals surface area (Å²) in [6.45, 7) is 4.96. The molecule has 1 amide bonds. The van der Waals surface area contributed by atoms with Crippen LogP contribution in [0.5, 0.6) is 0 Å². The maximum absolute atomic E-state index is 11.7. The SMILES string of the molecule is CCCN(CC(=O)N(C)C)c1nc(C)[nH]c1N. The average molecular weight is 239 g/mol. The van der Waals surface area contributed by atoms with E-state index in [1.54, 1.807) is 19.0 Å². The molecule has 0 aliphatic carbocycles. The molecule has 3 N–H and O–H groups in total. The van der Waals surface area contributed by atoms with Gasteiger partial charge < -0.3 is 20.5 Å². The highest BCUT2D eigenvalue weighted by Gasteiger charge is 2.17. The van der Waals surface area contributed by atoms with Gasteiger partial charge in [0.15, 0.2) is 5.82 Å². The lowest BCUT2D eigenvalue weighted by molar-refractivity contribution is -0.127. The van der Waals surface area contributed by atoms with Gasteiger partial charge in [-0.2, -0.15) is 0 Å². The quantitative estimate of drug-likeness (QED) is 0.789. The molecule has 6 heteroatoms. The van der Waals surface area contributed by atoms with Crippen LogP contribution in [0.3, 0.4) is 0 Å². The van der Waals surface area contributed by atoms with Gasteiger partial charge >= 0.3 is 0 Å². The van der Waals surface area contributed by atoms with Crippen LogP contribution in [-0.4, -0.2) is 48.0 Å². The maximum Gasteiger partial charge on any atom is 0.241 e. The monoisotopic (exact) mass is 239 g/mol. The zero-order valence-electron chi connectivity index (χ0n) is 10.9. The summed E-state index contributed by atoms with van der Waals surface area (Å²) in [6.07, 6.45) is 0.937. The van der Waals surface area contributed by atoms with Crippen LogP contribution < -0.4 is 10.6 Å². The highest BCUT2D eigenvalue weighted by molar-refractivity contribution is 5.81. The van der Waals surface area contributed by atoms with Crippen LogP contribution in [0.4, 0.5) is 11.6 Å². The highest BCUT2D eigenvalue weighted by atomic mass is 16.2. The van der Waals surface area contributed by atoms with Gasteiger partial charge in [-0.15, -0.1) is 0 Å². The number of hydrogen-bond acceptors (Lipinski definition) is 4. The van der Waals surface area contributed by atoms with Crippen LogP contribution in [0.15, 0.2) is 0 Å². The molecule has 1 aromatic rings. The predicted octanol–water partition coefficient (Wildman–Crippen LogP) is 0.605. The van der Waals surface area contributed by atoms with Gasteiger partial charge in [0.1, 0.15) is 11.6 Å². The van der Waals surface area contributed by atoms with E-state index in [0.717, 1.165) is 18.8 Å². The van der Waals surface area contributed by atoms with Crippen molar-refractivity contribution in [1.29, 1.82) is 0 Å². The van der Waals surface area contributed by atoms with Gasteiger partial charge in [0.2, 0.25) is 5.91 Å². The Bertz CT molecular complexity index is 385. The number of nitrogens with two attached hydrogens (primary N) is 1. The summed E-state index contributed by atoms with van der Waals surface area (Å²) < 4.78 is 0. The number of aryl methyl sites for hydroxylation is 1. The van der Waals surface area contributed by atoms with Crippen LogP contribution >= 0.6 is 0 Å². The first kappa shape index (κ1) is 13.3. The van der Waals surface area contributed by atoms with E-state index in [9.17, 15) is 4.79 Å². The van der Waals surface area contributed by atoms with Crippen LogP contribution in [0.2, 0.25) is 0 Å². The number of hydrogen-bond donors (Lipinski definition) is 2. The first-order valence-electron chi connectivity index (χ1n) is 5.72. The third kappa shape index (κ3) is 3.37. The maximum atomic E-state index is 11.7. The molecule has 0 aliphatic rings. The molecule has 1 heterocycles. The lowest BCUT2D eigenvalue weighted by Crippen LogP contribution is -2.37. The number of aromatic amines is 1. The minimum atomic E-state index is 0.0403. The molecule has 0 bridgehead atoms. The Morgan fingerprint density at radius 1 is 1.47 bits per heavy atom. The molecule has 0 saturated carbocycles. The third-order valence-corrected chi connectivity index (χ3v) is 2.45. The number of aromatic nitrogens is 2. The van der Waals surface area contributed by atoms with Crippen molar-refractivity contribution in [2.24, 2.45) is 0 Å². The van der Waals surface area contributed by atoms with E-state index in [1.165, 1.54) is 0 Å². The molecule has 1 rings (SSSR count). The fraction of sp³-hybridized carbons (Fsp3) is 0.636. The summed E-state index contributed by atoms with van der Waals surface area (Å²) in [5.74, 6) is 1.98. The normalized spacial score (nSPS) is 10.4. The third-order valence-electron chi connectivity index (χ3n) is 2.45. The van der Waals surface area contributed by atoms with Crippen molar-refractivity contribution in [3.63, 3.8) is 0 Å². The topological polar surface area (TPSA) is 78.2 Å². The number of imidazole rings is 1. The van der Waals surface area contributed by atoms with Gasteiger partial charge in [-0.1, -0.05) is 6.92 Å². The molecule has 0 aliphatic heterocycles. The molecule has 96 valence electrons. The Balaban J connectivity index is 2.85. The zero-order valence-corrected chi connectivity index (χ0v) is 10.9. The molecule has 6 nitrogen and oxygen atoms in total. The predicted molar refractivity (Wildman–Crippen MR) is 68.9 cm³/mol. The largest absolute Gasteiger partial charge is 0.382 e. The number of rotatable bonds is 5. The molecule has 0 saturated heterocycles. The zero-order chi connectivity index (χ0) is 13.0. The van der Waals surface area contributed by atoms with Gasteiger partial charge in [0.25, 0.3) is 0 Å². The van der Waals surface area contributed by atoms with Crippen molar-refractivity contribution in [2.45, 2.75) is 20.3 Å². The Kier molecular flexibility index (Phi) is 4.37. The van der Waals surface area contributed by atoms with Crippen LogP contribution in [0.1, 0.15) is 19.2 Å². The molecule has 0 fully saturated rings. The number of carbonyl (C=O) groups excluding carboxylic acids is 1. The first-order valence-corrected chi connectivity index (χ1v) is 5.72. The minimum absolute atomic E-state index is 0.0403. The van der Waals surface area contributed by atoms with Crippen molar-refractivity contribution in [1.82, 2.24) is 14.9 Å². The fourth-order valence-electron chi connectivity index (χ4n) is 1.57. The van der Waals surface area contributed by atoms with Gasteiger partial charge in [-0.05, 0) is 13.3 Å². The van der Waals surface area contributed by atoms with E-state index >= 15 is 0 Å². The number of nitrogen functional groups attached to an aromatic ring is 1. The first-order chi connectivity index (χ1) is 7.95. The van der Waals surface area contributed by atoms with E-state index in [4.69, 9.17) is 5.73 Å². The van der Waals surface area contributed by atoms with E-state index in [2.05, 4.69) is 16.9 Å². The summed E-state index contributed by atoms with van der Waals surface area (Å²) >= 11 is 0. The fourth-order valence-corrected chi connectivity index (χ4v) is 1.57. The van der Waals surface area contributed by atoms with E-state index < -0.39 is 0 Å². The second-order valence-corrected chi connectivity index (χ2v) is 4.27. The lowest BCUT2D eigenvalue weighted by Gasteiger charge is -2.23. The molecule has 0 radical (unpaired) electrons. The Hall–Kier alpha value is -1.72. The summed E-state index contributed by atoms with van der Waals surface area (Å²) in [5.41, 5.74) is 5.84. The van der Waals surface area contributed by atoms with Crippen molar-refractivity contribution in [3.05, 3.63) is 5.82 Å². The molecule has 17 heavy (non-hydrogen) atoms. The number of nitrogens with one attached hydrogen (secondary N) is 1. The number of amides is 1. The molecule has 0 aromatic carbocycles. The Labute approximate surface area is 102 Å². The second-order valence-electron chi connectivity index (χ2n) is 4.27. The van der Waals surface area contributed by atoms with Crippen LogP contribution in [0, 0.1) is 6.92 Å². The Morgan fingerprint density at radius 2 is 2.12 bits per heavy atom. The Morgan fingerprint density at radius 3 is 2.53 bits per heavy atom. The summed E-state index contributed by atoms with van der Waals surface area (Å²) in [7, 11) is 3.48. The number of carbonyl (C=O) groups is 1. The summed E-state index contributed by atoms with van der Waals surface area (Å²) in [4.78, 5) is 22.5. The van der Waals surface area contributed by atoms with Crippen molar-refractivity contribution < 1.29 is 4.79 Å². The van der Waals surface area contributed by atoms with Crippen molar-refractivity contribution in [3.8, 4) is 0 Å². The number of anilines is 2. The van der Waals surface area contributed by atoms with Gasteiger partial charge in [-0.25, -0.2) is 4.98 Å². The van der Waals surface area contributed by atoms with Crippen molar-refractivity contribution in [2.75, 3.05) is 37.8 Å². The number of likely N-dealkylation sites (N-methyl/N-ethyl adjacent to an activating group) is 1. The number of H-pyrrole nitrogens is 1. The molecular weight excluding hydrogens is 218 g/mol. The standard InChI is InChI=1S/C11H21N5O/c1-5-6-16(7-9(17)15(3)4)11-10(12)13-8(2)14-11/h5-7,12H2,1-4H3,(H,13,14). The van der Waals surface area contributed by atoms with Gasteiger partial charge in [-0.3, -0.25) is 4.79 Å². The summed E-state index contributed by atoms with van der Waals surface area (Å²) in [5, 5.41) is 0. The number of nitrogens with zero attached hydrogens (tertiary/aromatic N) is 3. The summed E-state index contributed by atoms with van der Waals surface area (Å²) in [6, 6.07) is 0. The van der Waals surface area contributed by atoms with Gasteiger partial charge in [0.05, 0.1) is 6.54 Å². The second kappa shape index (κ2) is 5.56. The molecule has 0 unspecified atom stereocenters. The van der Waals surface area contributed by atoms with Crippen molar-refractivity contribution >= 4 is 17.5 Å². The van der Waals surface area contributed by atoms with Crippen LogP contribution in [-0.2, 0) is 4.79 Å². The van der Waals surface area contributed by atoms with Crippen LogP contribution in [0.25, 0.3) is 0 Å². The van der Waals surface area contributed by atoms with E-state index in [0.29, 0.717) is 18.2 Å². The lowest BCUT2D eigenvalue weighted by atomic mass is 10.3. The minimum Gasteiger partial charge on any atom is -0.382 e. The van der Waals surface area contributed by atoms with E-state index in [1.807, 2.05) is 11.8 Å². The molecule has 1 aromatic heterocycles.